The third-order valence-corrected chi connectivity index (χ3v) is 5.64. The van der Waals surface area contributed by atoms with Crippen LogP contribution in [0.25, 0.3) is 0 Å². The first-order valence-corrected chi connectivity index (χ1v) is 10.1. The summed E-state index contributed by atoms with van der Waals surface area (Å²) < 4.78 is 11.0. The second-order valence-electron chi connectivity index (χ2n) is 7.57. The third-order valence-electron chi connectivity index (χ3n) is 5.64. The Balaban J connectivity index is 1.65. The van der Waals surface area contributed by atoms with Gasteiger partial charge in [-0.1, -0.05) is 12.1 Å². The highest BCUT2D eigenvalue weighted by atomic mass is 16.5. The Labute approximate surface area is 163 Å². The average molecular weight is 375 g/mol. The van der Waals surface area contributed by atoms with Gasteiger partial charge in [-0.2, -0.15) is 0 Å². The predicted octanol–water partition coefficient (Wildman–Crippen LogP) is 2.38. The quantitative estimate of drug-likeness (QED) is 0.587. The van der Waals surface area contributed by atoms with Crippen molar-refractivity contribution in [3.8, 4) is 5.75 Å². The normalized spacial score (nSPS) is 22.0. The van der Waals surface area contributed by atoms with Gasteiger partial charge in [0.1, 0.15) is 5.75 Å². The molecule has 2 aliphatic heterocycles. The number of likely N-dealkylation sites (tertiary alicyclic amines) is 1. The minimum absolute atomic E-state index is 0.322. The fraction of sp³-hybridized carbons (Fsp3) is 0.667. The van der Waals surface area contributed by atoms with Crippen LogP contribution in [0, 0.1) is 5.92 Å². The molecule has 0 amide bonds. The van der Waals surface area contributed by atoms with Crippen LogP contribution in [0.4, 0.5) is 0 Å². The molecule has 0 saturated carbocycles. The molecule has 150 valence electrons. The van der Waals surface area contributed by atoms with Crippen LogP contribution in [-0.2, 0) is 4.74 Å². The van der Waals surface area contributed by atoms with E-state index >= 15 is 0 Å². The molecule has 1 aromatic rings. The van der Waals surface area contributed by atoms with Crippen molar-refractivity contribution in [2.24, 2.45) is 10.9 Å². The summed E-state index contributed by atoms with van der Waals surface area (Å²) in [5, 5.41) is 3.61. The van der Waals surface area contributed by atoms with Gasteiger partial charge in [0.25, 0.3) is 0 Å². The van der Waals surface area contributed by atoms with Gasteiger partial charge in [0.2, 0.25) is 0 Å². The van der Waals surface area contributed by atoms with Gasteiger partial charge >= 0.3 is 0 Å². The molecule has 6 nitrogen and oxygen atoms in total. The molecule has 1 aromatic carbocycles. The van der Waals surface area contributed by atoms with Gasteiger partial charge in [-0.05, 0) is 50.0 Å². The van der Waals surface area contributed by atoms with Gasteiger partial charge in [0, 0.05) is 39.7 Å². The van der Waals surface area contributed by atoms with Crippen LogP contribution in [0.3, 0.4) is 0 Å². The summed E-state index contributed by atoms with van der Waals surface area (Å²) in [6.45, 7) is 5.87. The Bertz CT molecular complexity index is 610. The molecule has 0 aliphatic carbocycles. The summed E-state index contributed by atoms with van der Waals surface area (Å²) in [5.74, 6) is 2.47. The summed E-state index contributed by atoms with van der Waals surface area (Å²) in [4.78, 5) is 9.30. The zero-order valence-electron chi connectivity index (χ0n) is 17.0. The van der Waals surface area contributed by atoms with E-state index in [9.17, 15) is 0 Å². The molecule has 0 aromatic heterocycles. The van der Waals surface area contributed by atoms with E-state index in [0.29, 0.717) is 12.0 Å². The molecule has 2 aliphatic rings. The average Bonchev–Trinajstić information content (AvgIpc) is 3.39. The smallest absolute Gasteiger partial charge is 0.193 e. The summed E-state index contributed by atoms with van der Waals surface area (Å²) in [7, 11) is 5.70. The van der Waals surface area contributed by atoms with Gasteiger partial charge in [-0.25, -0.2) is 0 Å². The van der Waals surface area contributed by atoms with Crippen molar-refractivity contribution < 1.29 is 9.47 Å². The molecule has 2 atom stereocenters. The standard InChI is InChI=1S/C21H34N4O2/c1-22-21(24(2)15-17-9-12-27-16-17)23-14-20(25-10-4-5-11-25)18-7-6-8-19(13-18)26-3/h6-8,13,17,20H,4-5,9-12,14-16H2,1-3H3,(H,22,23). The first kappa shape index (κ1) is 20.0. The van der Waals surface area contributed by atoms with Gasteiger partial charge in [0.05, 0.1) is 19.8 Å². The van der Waals surface area contributed by atoms with Crippen LogP contribution in [0.2, 0.25) is 0 Å². The highest BCUT2D eigenvalue weighted by molar-refractivity contribution is 5.79. The number of rotatable bonds is 7. The van der Waals surface area contributed by atoms with E-state index in [-0.39, 0.29) is 0 Å². The van der Waals surface area contributed by atoms with E-state index in [2.05, 4.69) is 45.4 Å². The van der Waals surface area contributed by atoms with E-state index in [1.165, 1.54) is 18.4 Å². The Morgan fingerprint density at radius 1 is 1.41 bits per heavy atom. The van der Waals surface area contributed by atoms with Crippen LogP contribution >= 0.6 is 0 Å². The van der Waals surface area contributed by atoms with Crippen molar-refractivity contribution in [1.82, 2.24) is 15.1 Å². The lowest BCUT2D eigenvalue weighted by Gasteiger charge is -2.31. The monoisotopic (exact) mass is 374 g/mol. The van der Waals surface area contributed by atoms with E-state index in [4.69, 9.17) is 9.47 Å². The minimum atomic E-state index is 0.322. The number of guanidine groups is 1. The first-order valence-electron chi connectivity index (χ1n) is 10.1. The van der Waals surface area contributed by atoms with Gasteiger partial charge < -0.3 is 19.7 Å². The van der Waals surface area contributed by atoms with Crippen molar-refractivity contribution in [2.45, 2.75) is 25.3 Å². The number of nitrogens with one attached hydrogen (secondary N) is 1. The Kier molecular flexibility index (Phi) is 7.35. The maximum Gasteiger partial charge on any atom is 0.193 e. The molecular weight excluding hydrogens is 340 g/mol. The van der Waals surface area contributed by atoms with Crippen molar-refractivity contribution >= 4 is 5.96 Å². The topological polar surface area (TPSA) is 49.3 Å². The zero-order chi connectivity index (χ0) is 19.1. The van der Waals surface area contributed by atoms with Crippen molar-refractivity contribution in [3.05, 3.63) is 29.8 Å². The molecule has 2 heterocycles. The van der Waals surface area contributed by atoms with Crippen molar-refractivity contribution in [1.29, 1.82) is 0 Å². The third kappa shape index (κ3) is 5.36. The summed E-state index contributed by atoms with van der Waals surface area (Å²) in [5.41, 5.74) is 1.30. The molecule has 2 fully saturated rings. The van der Waals surface area contributed by atoms with Crippen LogP contribution in [0.5, 0.6) is 5.75 Å². The number of hydrogen-bond donors (Lipinski definition) is 1. The van der Waals surface area contributed by atoms with E-state index in [1.54, 1.807) is 7.11 Å². The zero-order valence-corrected chi connectivity index (χ0v) is 17.0. The molecule has 1 N–H and O–H groups in total. The number of benzene rings is 1. The number of nitrogens with zero attached hydrogens (tertiary/aromatic N) is 3. The van der Waals surface area contributed by atoms with Crippen molar-refractivity contribution in [2.75, 3.05) is 60.6 Å². The molecule has 0 radical (unpaired) electrons. The molecule has 2 unspecified atom stereocenters. The summed E-state index contributed by atoms with van der Waals surface area (Å²) in [6.07, 6.45) is 3.69. The molecule has 6 heteroatoms. The molecular formula is C21H34N4O2. The molecule has 27 heavy (non-hydrogen) atoms. The highest BCUT2D eigenvalue weighted by Crippen LogP contribution is 2.27. The minimum Gasteiger partial charge on any atom is -0.497 e. The molecule has 3 rings (SSSR count). The largest absolute Gasteiger partial charge is 0.497 e. The van der Waals surface area contributed by atoms with E-state index in [1.807, 2.05) is 13.1 Å². The second-order valence-corrected chi connectivity index (χ2v) is 7.57. The molecule has 0 spiro atoms. The fourth-order valence-electron chi connectivity index (χ4n) is 4.13. The maximum atomic E-state index is 5.51. The first-order chi connectivity index (χ1) is 13.2. The Morgan fingerprint density at radius 3 is 2.89 bits per heavy atom. The molecule has 0 bridgehead atoms. The van der Waals surface area contributed by atoms with E-state index < -0.39 is 0 Å². The Morgan fingerprint density at radius 2 is 2.22 bits per heavy atom. The molecule has 2 saturated heterocycles. The lowest BCUT2D eigenvalue weighted by molar-refractivity contribution is 0.181. The van der Waals surface area contributed by atoms with Crippen LogP contribution in [0.1, 0.15) is 30.9 Å². The number of ether oxygens (including phenoxy) is 2. The van der Waals surface area contributed by atoms with Crippen LogP contribution < -0.4 is 10.1 Å². The number of aliphatic imine (C=N–C) groups is 1. The highest BCUT2D eigenvalue weighted by Gasteiger charge is 2.25. The number of hydrogen-bond acceptors (Lipinski definition) is 4. The lowest BCUT2D eigenvalue weighted by Crippen LogP contribution is -2.45. The van der Waals surface area contributed by atoms with Crippen LogP contribution in [0.15, 0.2) is 29.3 Å². The maximum absolute atomic E-state index is 5.51. The summed E-state index contributed by atoms with van der Waals surface area (Å²) >= 11 is 0. The van der Waals surface area contributed by atoms with Gasteiger partial charge in [0.15, 0.2) is 5.96 Å². The predicted molar refractivity (Wildman–Crippen MR) is 109 cm³/mol. The van der Waals surface area contributed by atoms with Gasteiger partial charge in [-0.3, -0.25) is 9.89 Å². The van der Waals surface area contributed by atoms with E-state index in [0.717, 1.165) is 57.5 Å². The lowest BCUT2D eigenvalue weighted by atomic mass is 10.0. The Hall–Kier alpha value is -1.79. The SMILES string of the molecule is CN=C(NCC(c1cccc(OC)c1)N1CCCC1)N(C)CC1CCOC1. The number of methoxy groups -OCH3 is 1. The summed E-state index contributed by atoms with van der Waals surface area (Å²) in [6, 6.07) is 8.78. The van der Waals surface area contributed by atoms with Crippen LogP contribution in [-0.4, -0.2) is 76.4 Å². The van der Waals surface area contributed by atoms with Crippen molar-refractivity contribution in [3.63, 3.8) is 0 Å². The fourth-order valence-corrected chi connectivity index (χ4v) is 4.13. The second kappa shape index (κ2) is 9.95. The van der Waals surface area contributed by atoms with Gasteiger partial charge in [-0.15, -0.1) is 0 Å².